The minimum absolute atomic E-state index is 0.292. The number of nitrogens with two attached hydrogens (primary N) is 2. The first-order valence-corrected chi connectivity index (χ1v) is 2.42. The summed E-state index contributed by atoms with van der Waals surface area (Å²) in [5.41, 5.74) is 10.5. The van der Waals surface area contributed by atoms with Crippen LogP contribution in [0.4, 0.5) is 0 Å². The SMILES string of the molecule is CNC(CN)CN. The summed E-state index contributed by atoms with van der Waals surface area (Å²) in [4.78, 5) is 0. The van der Waals surface area contributed by atoms with Crippen molar-refractivity contribution in [2.24, 2.45) is 11.5 Å². The van der Waals surface area contributed by atoms with Gasteiger partial charge < -0.3 is 16.8 Å². The number of hydrogen-bond acceptors (Lipinski definition) is 3. The van der Waals surface area contributed by atoms with E-state index < -0.39 is 0 Å². The van der Waals surface area contributed by atoms with Gasteiger partial charge in [0, 0.05) is 19.1 Å². The average Bonchev–Trinajstić information content (AvgIpc) is 1.72. The smallest absolute Gasteiger partial charge is 0.0310 e. The van der Waals surface area contributed by atoms with Crippen molar-refractivity contribution >= 4 is 0 Å². The van der Waals surface area contributed by atoms with Crippen molar-refractivity contribution in [3.63, 3.8) is 0 Å². The number of nitrogens with one attached hydrogen (secondary N) is 1. The van der Waals surface area contributed by atoms with E-state index >= 15 is 0 Å². The molecule has 0 aromatic carbocycles. The summed E-state index contributed by atoms with van der Waals surface area (Å²) in [6.45, 7) is 1.24. The Hall–Kier alpha value is -0.120. The Morgan fingerprint density at radius 1 is 1.43 bits per heavy atom. The predicted molar refractivity (Wildman–Crippen MR) is 31.0 cm³/mol. The minimum Gasteiger partial charge on any atom is -0.329 e. The van der Waals surface area contributed by atoms with Crippen molar-refractivity contribution in [1.29, 1.82) is 0 Å². The molecule has 44 valence electrons. The van der Waals surface area contributed by atoms with Crippen LogP contribution >= 0.6 is 0 Å². The molecule has 0 atom stereocenters. The first kappa shape index (κ1) is 6.88. The second kappa shape index (κ2) is 4.05. The summed E-state index contributed by atoms with van der Waals surface area (Å²) in [6.07, 6.45) is 0. The fraction of sp³-hybridized carbons (Fsp3) is 1.00. The second-order valence-electron chi connectivity index (χ2n) is 1.46. The van der Waals surface area contributed by atoms with Crippen LogP contribution in [0.5, 0.6) is 0 Å². The number of hydrogen-bond donors (Lipinski definition) is 3. The molecule has 0 saturated heterocycles. The highest BCUT2D eigenvalue weighted by Crippen LogP contribution is 1.67. The van der Waals surface area contributed by atoms with Crippen molar-refractivity contribution < 1.29 is 0 Å². The monoisotopic (exact) mass is 103 g/mol. The van der Waals surface area contributed by atoms with Crippen LogP contribution in [0, 0.1) is 0 Å². The molecule has 0 spiro atoms. The maximum Gasteiger partial charge on any atom is 0.0310 e. The third-order valence-corrected chi connectivity index (χ3v) is 0.977. The van der Waals surface area contributed by atoms with Gasteiger partial charge in [-0.1, -0.05) is 0 Å². The molecular formula is C4H13N3. The third kappa shape index (κ3) is 2.56. The lowest BCUT2D eigenvalue weighted by molar-refractivity contribution is 0.581. The molecule has 0 aliphatic carbocycles. The van der Waals surface area contributed by atoms with Crippen molar-refractivity contribution in [3.05, 3.63) is 0 Å². The highest BCUT2D eigenvalue weighted by molar-refractivity contribution is 4.63. The Bertz CT molecular complexity index is 28.4. The lowest BCUT2D eigenvalue weighted by Crippen LogP contribution is -2.39. The van der Waals surface area contributed by atoms with E-state index in [0.717, 1.165) is 0 Å². The number of likely N-dealkylation sites (N-methyl/N-ethyl adjacent to an activating group) is 1. The van der Waals surface area contributed by atoms with Crippen LogP contribution in [0.25, 0.3) is 0 Å². The second-order valence-corrected chi connectivity index (χ2v) is 1.46. The van der Waals surface area contributed by atoms with Crippen molar-refractivity contribution in [2.45, 2.75) is 6.04 Å². The van der Waals surface area contributed by atoms with Gasteiger partial charge in [0.2, 0.25) is 0 Å². The van der Waals surface area contributed by atoms with Crippen molar-refractivity contribution in [1.82, 2.24) is 5.32 Å². The molecule has 0 radical (unpaired) electrons. The van der Waals surface area contributed by atoms with E-state index in [1.165, 1.54) is 0 Å². The van der Waals surface area contributed by atoms with Gasteiger partial charge in [0.15, 0.2) is 0 Å². The quantitative estimate of drug-likeness (QED) is 0.407. The van der Waals surface area contributed by atoms with E-state index in [-0.39, 0.29) is 0 Å². The molecule has 0 aromatic rings. The van der Waals surface area contributed by atoms with E-state index in [1.54, 1.807) is 0 Å². The lowest BCUT2D eigenvalue weighted by Gasteiger charge is -2.07. The molecule has 7 heavy (non-hydrogen) atoms. The van der Waals surface area contributed by atoms with Gasteiger partial charge in [-0.25, -0.2) is 0 Å². The number of rotatable bonds is 3. The Morgan fingerprint density at radius 3 is 1.86 bits per heavy atom. The van der Waals surface area contributed by atoms with Crippen LogP contribution in [0.2, 0.25) is 0 Å². The molecule has 0 bridgehead atoms. The third-order valence-electron chi connectivity index (χ3n) is 0.977. The van der Waals surface area contributed by atoms with Crippen LogP contribution in [-0.2, 0) is 0 Å². The molecule has 0 amide bonds. The zero-order valence-electron chi connectivity index (χ0n) is 4.65. The molecule has 3 heteroatoms. The molecule has 0 heterocycles. The molecule has 0 unspecified atom stereocenters. The van der Waals surface area contributed by atoms with Crippen LogP contribution in [0.1, 0.15) is 0 Å². The summed E-state index contributed by atoms with van der Waals surface area (Å²) in [6, 6.07) is 0.292. The molecule has 0 fully saturated rings. The summed E-state index contributed by atoms with van der Waals surface area (Å²) >= 11 is 0. The zero-order valence-corrected chi connectivity index (χ0v) is 4.65. The van der Waals surface area contributed by atoms with Crippen LogP contribution in [-0.4, -0.2) is 26.2 Å². The van der Waals surface area contributed by atoms with E-state index in [4.69, 9.17) is 11.5 Å². The lowest BCUT2D eigenvalue weighted by atomic mass is 10.3. The normalized spacial score (nSPS) is 10.3. The fourth-order valence-corrected chi connectivity index (χ4v) is 0.332. The van der Waals surface area contributed by atoms with Crippen LogP contribution in [0.3, 0.4) is 0 Å². The largest absolute Gasteiger partial charge is 0.329 e. The predicted octanol–water partition coefficient (Wildman–Crippen LogP) is -1.51. The Labute approximate surface area is 44.1 Å². The Kier molecular flexibility index (Phi) is 3.98. The highest BCUT2D eigenvalue weighted by Gasteiger charge is 1.95. The van der Waals surface area contributed by atoms with Crippen molar-refractivity contribution in [2.75, 3.05) is 20.1 Å². The van der Waals surface area contributed by atoms with E-state index in [2.05, 4.69) is 5.32 Å². The molecule has 5 N–H and O–H groups in total. The van der Waals surface area contributed by atoms with E-state index in [0.29, 0.717) is 19.1 Å². The fourth-order valence-electron chi connectivity index (χ4n) is 0.332. The van der Waals surface area contributed by atoms with Gasteiger partial charge in [-0.3, -0.25) is 0 Å². The average molecular weight is 103 g/mol. The molecule has 0 aromatic heterocycles. The van der Waals surface area contributed by atoms with Crippen LogP contribution in [0.15, 0.2) is 0 Å². The summed E-state index contributed by atoms with van der Waals surface area (Å²) in [7, 11) is 1.85. The summed E-state index contributed by atoms with van der Waals surface area (Å²) in [5.74, 6) is 0. The zero-order chi connectivity index (χ0) is 5.70. The molecule has 0 aliphatic rings. The van der Waals surface area contributed by atoms with Gasteiger partial charge in [0.05, 0.1) is 0 Å². The Balaban J connectivity index is 2.99. The van der Waals surface area contributed by atoms with Gasteiger partial charge in [0.1, 0.15) is 0 Å². The highest BCUT2D eigenvalue weighted by atomic mass is 14.9. The van der Waals surface area contributed by atoms with Gasteiger partial charge >= 0.3 is 0 Å². The maximum atomic E-state index is 5.25. The first-order chi connectivity index (χ1) is 3.35. The summed E-state index contributed by atoms with van der Waals surface area (Å²) in [5, 5.41) is 2.95. The van der Waals surface area contributed by atoms with E-state index in [1.807, 2.05) is 7.05 Å². The molecule has 3 nitrogen and oxygen atoms in total. The molecule has 0 aliphatic heterocycles. The van der Waals surface area contributed by atoms with Gasteiger partial charge in [-0.15, -0.1) is 0 Å². The molecule has 0 saturated carbocycles. The van der Waals surface area contributed by atoms with Gasteiger partial charge in [-0.05, 0) is 7.05 Å². The standard InChI is InChI=1S/C4H13N3/c1-7-4(2-5)3-6/h4,7H,2-3,5-6H2,1H3. The van der Waals surface area contributed by atoms with Crippen molar-refractivity contribution in [3.8, 4) is 0 Å². The Morgan fingerprint density at radius 2 is 1.86 bits per heavy atom. The minimum atomic E-state index is 0.292. The summed E-state index contributed by atoms with van der Waals surface area (Å²) < 4.78 is 0. The van der Waals surface area contributed by atoms with Crippen LogP contribution < -0.4 is 16.8 Å². The molecular weight excluding hydrogens is 90.1 g/mol. The molecule has 0 rings (SSSR count). The first-order valence-electron chi connectivity index (χ1n) is 2.42. The van der Waals surface area contributed by atoms with Gasteiger partial charge in [0.25, 0.3) is 0 Å². The topological polar surface area (TPSA) is 64.1 Å². The van der Waals surface area contributed by atoms with Gasteiger partial charge in [-0.2, -0.15) is 0 Å². The van der Waals surface area contributed by atoms with E-state index in [9.17, 15) is 0 Å². The maximum absolute atomic E-state index is 5.25.